The Morgan fingerprint density at radius 3 is 2.38 bits per heavy atom. The van der Waals surface area contributed by atoms with Crippen LogP contribution in [-0.4, -0.2) is 11.2 Å². The Hall–Kier alpha value is -0.300. The molecular formula is C25H42O. The van der Waals surface area contributed by atoms with Crippen LogP contribution in [0.5, 0.6) is 0 Å². The molecule has 0 heterocycles. The van der Waals surface area contributed by atoms with Crippen LogP contribution in [0.3, 0.4) is 0 Å². The summed E-state index contributed by atoms with van der Waals surface area (Å²) in [4.78, 5) is 0. The molecule has 0 bridgehead atoms. The molecule has 4 rings (SSSR count). The van der Waals surface area contributed by atoms with Crippen molar-refractivity contribution in [3.05, 3.63) is 12.2 Å². The zero-order valence-electron chi connectivity index (χ0n) is 17.7. The Morgan fingerprint density at radius 2 is 1.62 bits per heavy atom. The number of hydrogen-bond acceptors (Lipinski definition) is 1. The Kier molecular flexibility index (Phi) is 5.32. The largest absolute Gasteiger partial charge is 0.393 e. The summed E-state index contributed by atoms with van der Waals surface area (Å²) in [6.45, 7) is 9.75. The fraction of sp³-hybridized carbons (Fsp3) is 0.920. The Bertz CT molecular complexity index is 522. The Labute approximate surface area is 162 Å². The highest BCUT2D eigenvalue weighted by Gasteiger charge is 2.57. The minimum atomic E-state index is 0.00566. The zero-order valence-corrected chi connectivity index (χ0v) is 17.7. The number of aliphatic hydroxyl groups is 1. The monoisotopic (exact) mass is 358 g/mol. The predicted octanol–water partition coefficient (Wildman–Crippen LogP) is 6.46. The van der Waals surface area contributed by atoms with Gasteiger partial charge in [0.05, 0.1) is 6.10 Å². The molecule has 0 aromatic rings. The van der Waals surface area contributed by atoms with Crippen molar-refractivity contribution in [1.29, 1.82) is 0 Å². The van der Waals surface area contributed by atoms with Crippen LogP contribution >= 0.6 is 0 Å². The second kappa shape index (κ2) is 7.26. The normalized spacial score (nSPS) is 49.7. The highest BCUT2D eigenvalue weighted by Crippen LogP contribution is 2.65. The number of rotatable bonds is 3. The van der Waals surface area contributed by atoms with E-state index in [-0.39, 0.29) is 6.10 Å². The minimum absolute atomic E-state index is 0.00566. The van der Waals surface area contributed by atoms with Gasteiger partial charge in [-0.3, -0.25) is 0 Å². The first-order valence-corrected chi connectivity index (χ1v) is 11.8. The fourth-order valence-corrected chi connectivity index (χ4v) is 8.26. The van der Waals surface area contributed by atoms with E-state index in [2.05, 4.69) is 39.8 Å². The molecule has 0 spiro atoms. The predicted molar refractivity (Wildman–Crippen MR) is 110 cm³/mol. The molecule has 4 fully saturated rings. The van der Waals surface area contributed by atoms with Crippen molar-refractivity contribution in [2.24, 2.45) is 52.8 Å². The van der Waals surface area contributed by atoms with Gasteiger partial charge in [0.15, 0.2) is 0 Å². The third-order valence-corrected chi connectivity index (χ3v) is 9.43. The van der Waals surface area contributed by atoms with Crippen LogP contribution in [0.15, 0.2) is 12.2 Å². The molecule has 9 atom stereocenters. The van der Waals surface area contributed by atoms with E-state index in [1.807, 2.05) is 0 Å². The summed E-state index contributed by atoms with van der Waals surface area (Å²) in [5, 5.41) is 10.1. The number of fused-ring (bicyclic) bond motifs is 5. The van der Waals surface area contributed by atoms with E-state index in [9.17, 15) is 5.11 Å². The first-order chi connectivity index (χ1) is 12.4. The summed E-state index contributed by atoms with van der Waals surface area (Å²) < 4.78 is 0. The summed E-state index contributed by atoms with van der Waals surface area (Å²) in [6, 6.07) is 0. The van der Waals surface area contributed by atoms with Crippen molar-refractivity contribution in [1.82, 2.24) is 0 Å². The molecule has 0 amide bonds. The molecule has 0 saturated heterocycles. The van der Waals surface area contributed by atoms with Crippen molar-refractivity contribution >= 4 is 0 Å². The Morgan fingerprint density at radius 1 is 0.846 bits per heavy atom. The zero-order chi connectivity index (χ0) is 18.5. The maximum absolute atomic E-state index is 10.1. The minimum Gasteiger partial charge on any atom is -0.393 e. The average molecular weight is 359 g/mol. The maximum atomic E-state index is 10.1. The van der Waals surface area contributed by atoms with Crippen LogP contribution in [0, 0.1) is 52.8 Å². The lowest BCUT2D eigenvalue weighted by Crippen LogP contribution is -2.49. The highest BCUT2D eigenvalue weighted by molar-refractivity contribution is 5.08. The van der Waals surface area contributed by atoms with Gasteiger partial charge in [-0.1, -0.05) is 39.8 Å². The first-order valence-electron chi connectivity index (χ1n) is 11.8. The van der Waals surface area contributed by atoms with E-state index in [1.54, 1.807) is 0 Å². The molecule has 4 saturated carbocycles. The number of hydrogen-bond donors (Lipinski definition) is 1. The molecular weight excluding hydrogens is 316 g/mol. The lowest BCUT2D eigenvalue weighted by molar-refractivity contribution is -0.0800. The van der Waals surface area contributed by atoms with Gasteiger partial charge in [-0.2, -0.15) is 0 Å². The van der Waals surface area contributed by atoms with Gasteiger partial charge < -0.3 is 5.11 Å². The van der Waals surface area contributed by atoms with Crippen molar-refractivity contribution in [3.8, 4) is 0 Å². The van der Waals surface area contributed by atoms with Gasteiger partial charge in [-0.05, 0) is 111 Å². The second-order valence-electron chi connectivity index (χ2n) is 11.1. The van der Waals surface area contributed by atoms with Gasteiger partial charge in [-0.25, -0.2) is 0 Å². The van der Waals surface area contributed by atoms with Crippen molar-refractivity contribution < 1.29 is 5.11 Å². The van der Waals surface area contributed by atoms with Crippen LogP contribution in [0.2, 0.25) is 0 Å². The number of allylic oxidation sites excluding steroid dienone is 2. The van der Waals surface area contributed by atoms with Gasteiger partial charge in [0.25, 0.3) is 0 Å². The topological polar surface area (TPSA) is 20.2 Å². The Balaban J connectivity index is 1.49. The van der Waals surface area contributed by atoms with Crippen LogP contribution in [-0.2, 0) is 0 Å². The maximum Gasteiger partial charge on any atom is 0.0543 e. The molecule has 1 nitrogen and oxygen atoms in total. The van der Waals surface area contributed by atoms with Crippen LogP contribution in [0.4, 0.5) is 0 Å². The molecule has 0 aliphatic heterocycles. The lowest BCUT2D eigenvalue weighted by Gasteiger charge is -2.56. The summed E-state index contributed by atoms with van der Waals surface area (Å²) in [7, 11) is 0. The molecule has 1 heteroatoms. The van der Waals surface area contributed by atoms with Crippen LogP contribution in [0.1, 0.15) is 85.5 Å². The van der Waals surface area contributed by atoms with Crippen LogP contribution in [0.25, 0.3) is 0 Å². The fourth-order valence-electron chi connectivity index (χ4n) is 8.26. The van der Waals surface area contributed by atoms with Crippen molar-refractivity contribution in [2.75, 3.05) is 0 Å². The van der Waals surface area contributed by atoms with Gasteiger partial charge in [-0.15, -0.1) is 0 Å². The third-order valence-electron chi connectivity index (χ3n) is 9.43. The molecule has 4 aliphatic carbocycles. The molecule has 1 N–H and O–H groups in total. The SMILES string of the molecule is CC(C)C=CC(C)C1CCC2C3CCC4CC(O)CCC4C3CCC12C. The summed E-state index contributed by atoms with van der Waals surface area (Å²) in [6.07, 6.45) is 17.2. The van der Waals surface area contributed by atoms with Crippen LogP contribution < -0.4 is 0 Å². The molecule has 148 valence electrons. The molecule has 4 aliphatic rings. The standard InChI is InChI=1S/C25H42O/c1-16(2)5-6-17(3)23-11-12-24-22-9-7-18-15-19(26)8-10-20(18)21(22)13-14-25(23,24)4/h5-6,16-24,26H,7-15H2,1-4H3. The highest BCUT2D eigenvalue weighted by atomic mass is 16.3. The third kappa shape index (κ3) is 3.21. The van der Waals surface area contributed by atoms with Crippen molar-refractivity contribution in [3.63, 3.8) is 0 Å². The first kappa shape index (κ1) is 19.0. The average Bonchev–Trinajstić information content (AvgIpc) is 2.96. The molecule has 9 unspecified atom stereocenters. The van der Waals surface area contributed by atoms with Gasteiger partial charge in [0, 0.05) is 0 Å². The summed E-state index contributed by atoms with van der Waals surface area (Å²) in [5.41, 5.74) is 0.586. The van der Waals surface area contributed by atoms with E-state index >= 15 is 0 Å². The van der Waals surface area contributed by atoms with E-state index in [1.165, 1.54) is 44.9 Å². The summed E-state index contributed by atoms with van der Waals surface area (Å²) in [5.74, 6) is 7.06. The molecule has 26 heavy (non-hydrogen) atoms. The summed E-state index contributed by atoms with van der Waals surface area (Å²) >= 11 is 0. The quantitative estimate of drug-likeness (QED) is 0.574. The van der Waals surface area contributed by atoms with Gasteiger partial charge in [0.2, 0.25) is 0 Å². The molecule has 0 radical (unpaired) electrons. The van der Waals surface area contributed by atoms with E-state index in [0.29, 0.717) is 11.3 Å². The van der Waals surface area contributed by atoms with Gasteiger partial charge in [0.1, 0.15) is 0 Å². The van der Waals surface area contributed by atoms with Crippen molar-refractivity contribution in [2.45, 2.75) is 91.6 Å². The lowest BCUT2D eigenvalue weighted by atomic mass is 9.49. The molecule has 0 aromatic heterocycles. The molecule has 0 aromatic carbocycles. The van der Waals surface area contributed by atoms with E-state index in [4.69, 9.17) is 0 Å². The number of aliphatic hydroxyl groups excluding tert-OH is 1. The van der Waals surface area contributed by atoms with E-state index < -0.39 is 0 Å². The van der Waals surface area contributed by atoms with E-state index in [0.717, 1.165) is 54.3 Å². The smallest absolute Gasteiger partial charge is 0.0543 e. The second-order valence-corrected chi connectivity index (χ2v) is 11.1. The van der Waals surface area contributed by atoms with Gasteiger partial charge >= 0.3 is 0 Å².